The van der Waals surface area contributed by atoms with Crippen molar-refractivity contribution in [3.8, 4) is 17.0 Å². The van der Waals surface area contributed by atoms with Gasteiger partial charge in [0.1, 0.15) is 5.75 Å². The average Bonchev–Trinajstić information content (AvgIpc) is 2.80. The van der Waals surface area contributed by atoms with Crippen LogP contribution in [0.15, 0.2) is 76.4 Å². The first kappa shape index (κ1) is 21.2. The van der Waals surface area contributed by atoms with Crippen molar-refractivity contribution in [2.24, 2.45) is 0 Å². The Morgan fingerprint density at radius 2 is 1.71 bits per heavy atom. The van der Waals surface area contributed by atoms with Crippen LogP contribution in [0.5, 0.6) is 5.75 Å². The van der Waals surface area contributed by atoms with Crippen molar-refractivity contribution in [3.05, 3.63) is 88.3 Å². The molecule has 1 heterocycles. The van der Waals surface area contributed by atoms with Gasteiger partial charge in [-0.3, -0.25) is 4.57 Å². The second-order valence-electron chi connectivity index (χ2n) is 7.84. The molecule has 0 aliphatic heterocycles. The predicted molar refractivity (Wildman–Crippen MR) is 129 cm³/mol. The monoisotopic (exact) mass is 430 g/mol. The van der Waals surface area contributed by atoms with Gasteiger partial charge in [0, 0.05) is 15.8 Å². The summed E-state index contributed by atoms with van der Waals surface area (Å²) < 4.78 is 7.19. The van der Waals surface area contributed by atoms with E-state index >= 15 is 0 Å². The first-order valence-corrected chi connectivity index (χ1v) is 11.5. The molecule has 0 atom stereocenters. The number of fused-ring (bicyclic) bond motifs is 1. The zero-order chi connectivity index (χ0) is 22.0. The Morgan fingerprint density at radius 1 is 1.00 bits per heavy atom. The summed E-state index contributed by atoms with van der Waals surface area (Å²) in [6.07, 6.45) is 2.05. The van der Waals surface area contributed by atoms with Gasteiger partial charge in [0.05, 0.1) is 24.9 Å². The zero-order valence-electron chi connectivity index (χ0n) is 18.3. The number of nitrogens with zero attached hydrogens (tertiary/aromatic N) is 2. The van der Waals surface area contributed by atoms with Gasteiger partial charge in [-0.05, 0) is 53.6 Å². The molecular formula is C26H26N2O2S. The highest BCUT2D eigenvalue weighted by Crippen LogP contribution is 2.30. The first-order chi connectivity index (χ1) is 15.0. The number of hydrogen-bond acceptors (Lipinski definition) is 4. The smallest absolute Gasteiger partial charge is 0.348 e. The Balaban J connectivity index is 1.86. The number of methoxy groups -OCH3 is 1. The lowest BCUT2D eigenvalue weighted by molar-refractivity contribution is 0.415. The fourth-order valence-corrected chi connectivity index (χ4v) is 4.11. The summed E-state index contributed by atoms with van der Waals surface area (Å²) in [5.41, 5.74) is 4.52. The van der Waals surface area contributed by atoms with E-state index in [2.05, 4.69) is 61.5 Å². The maximum Gasteiger partial charge on any atom is 0.348 e. The molecule has 0 fully saturated rings. The molecule has 5 heteroatoms. The van der Waals surface area contributed by atoms with Crippen molar-refractivity contribution < 1.29 is 4.74 Å². The van der Waals surface area contributed by atoms with Crippen molar-refractivity contribution in [2.45, 2.75) is 31.2 Å². The lowest BCUT2D eigenvalue weighted by atomic mass is 9.99. The van der Waals surface area contributed by atoms with Gasteiger partial charge >= 0.3 is 5.69 Å². The van der Waals surface area contributed by atoms with Crippen LogP contribution >= 0.6 is 11.8 Å². The van der Waals surface area contributed by atoms with Crippen molar-refractivity contribution in [1.29, 1.82) is 0 Å². The normalized spacial score (nSPS) is 11.3. The molecule has 0 radical (unpaired) electrons. The van der Waals surface area contributed by atoms with E-state index in [1.54, 1.807) is 23.4 Å². The Morgan fingerprint density at radius 3 is 2.32 bits per heavy atom. The van der Waals surface area contributed by atoms with Crippen LogP contribution < -0.4 is 10.4 Å². The first-order valence-electron chi connectivity index (χ1n) is 10.3. The summed E-state index contributed by atoms with van der Waals surface area (Å²) in [5.74, 6) is 1.19. The van der Waals surface area contributed by atoms with E-state index in [1.165, 1.54) is 10.5 Å². The van der Waals surface area contributed by atoms with Gasteiger partial charge in [0.2, 0.25) is 0 Å². The van der Waals surface area contributed by atoms with Crippen LogP contribution in [0.3, 0.4) is 0 Å². The lowest BCUT2D eigenvalue weighted by Crippen LogP contribution is -2.24. The van der Waals surface area contributed by atoms with E-state index in [0.29, 0.717) is 18.2 Å². The highest BCUT2D eigenvalue weighted by molar-refractivity contribution is 7.98. The van der Waals surface area contributed by atoms with E-state index in [9.17, 15) is 4.79 Å². The Bertz CT molecular complexity index is 1260. The zero-order valence-corrected chi connectivity index (χ0v) is 19.1. The third-order valence-electron chi connectivity index (χ3n) is 5.54. The molecule has 4 rings (SSSR count). The fourth-order valence-electron chi connectivity index (χ4n) is 3.70. The van der Waals surface area contributed by atoms with Crippen molar-refractivity contribution in [3.63, 3.8) is 0 Å². The van der Waals surface area contributed by atoms with Gasteiger partial charge in [-0.25, -0.2) is 4.79 Å². The minimum atomic E-state index is -0.255. The third kappa shape index (κ3) is 4.37. The molecule has 0 N–H and O–H groups in total. The molecule has 0 aliphatic rings. The minimum Gasteiger partial charge on any atom is -0.497 e. The number of rotatable bonds is 6. The molecule has 4 aromatic rings. The highest BCUT2D eigenvalue weighted by Gasteiger charge is 2.14. The topological polar surface area (TPSA) is 44.1 Å². The summed E-state index contributed by atoms with van der Waals surface area (Å²) in [6.45, 7) is 4.80. The highest BCUT2D eigenvalue weighted by atomic mass is 32.2. The number of benzene rings is 3. The van der Waals surface area contributed by atoms with Crippen molar-refractivity contribution in [1.82, 2.24) is 9.55 Å². The van der Waals surface area contributed by atoms with Gasteiger partial charge in [0.25, 0.3) is 0 Å². The molecule has 31 heavy (non-hydrogen) atoms. The molecule has 1 aromatic heterocycles. The predicted octanol–water partition coefficient (Wildman–Crippen LogP) is 5.97. The molecule has 158 valence electrons. The molecule has 0 saturated heterocycles. The lowest BCUT2D eigenvalue weighted by Gasteiger charge is -2.15. The van der Waals surface area contributed by atoms with Crippen LogP contribution in [-0.2, 0) is 6.54 Å². The van der Waals surface area contributed by atoms with Gasteiger partial charge in [0.15, 0.2) is 0 Å². The molecule has 0 spiro atoms. The van der Waals surface area contributed by atoms with E-state index in [0.717, 1.165) is 27.8 Å². The standard InChI is InChI=1S/C26H26N2O2S/c1-17(2)19-7-9-20(10-8-19)25-23-15-21(30-3)11-14-24(23)28(26(29)27-25)16-18-5-12-22(31-4)13-6-18/h5-15,17H,16H2,1-4H3. The van der Waals surface area contributed by atoms with E-state index in [1.807, 2.05) is 30.3 Å². The van der Waals surface area contributed by atoms with Crippen molar-refractivity contribution in [2.75, 3.05) is 13.4 Å². The molecule has 0 aliphatic carbocycles. The average molecular weight is 431 g/mol. The maximum atomic E-state index is 13.1. The quantitative estimate of drug-likeness (QED) is 0.354. The number of ether oxygens (including phenoxy) is 1. The maximum absolute atomic E-state index is 13.1. The van der Waals surface area contributed by atoms with E-state index in [-0.39, 0.29) is 5.69 Å². The fraction of sp³-hybridized carbons (Fsp3) is 0.231. The van der Waals surface area contributed by atoms with Gasteiger partial charge in [-0.15, -0.1) is 11.8 Å². The van der Waals surface area contributed by atoms with Crippen LogP contribution in [0.2, 0.25) is 0 Å². The van der Waals surface area contributed by atoms with E-state index in [4.69, 9.17) is 4.74 Å². The summed E-state index contributed by atoms with van der Waals surface area (Å²) in [4.78, 5) is 18.8. The molecule has 4 nitrogen and oxygen atoms in total. The van der Waals surface area contributed by atoms with Gasteiger partial charge in [-0.1, -0.05) is 50.2 Å². The SMILES string of the molecule is COc1ccc2c(c1)c(-c1ccc(C(C)C)cc1)nc(=O)n2Cc1ccc(SC)cc1. The van der Waals surface area contributed by atoms with Crippen LogP contribution in [0.25, 0.3) is 22.2 Å². The minimum absolute atomic E-state index is 0.255. The second kappa shape index (κ2) is 8.98. The van der Waals surface area contributed by atoms with Gasteiger partial charge in [-0.2, -0.15) is 4.98 Å². The molecular weight excluding hydrogens is 404 g/mol. The molecule has 3 aromatic carbocycles. The largest absolute Gasteiger partial charge is 0.497 e. The summed E-state index contributed by atoms with van der Waals surface area (Å²) >= 11 is 1.70. The Kier molecular flexibility index (Phi) is 6.14. The van der Waals surface area contributed by atoms with E-state index < -0.39 is 0 Å². The van der Waals surface area contributed by atoms with Crippen LogP contribution in [0.1, 0.15) is 30.9 Å². The number of hydrogen-bond donors (Lipinski definition) is 0. The van der Waals surface area contributed by atoms with Gasteiger partial charge < -0.3 is 4.74 Å². The summed E-state index contributed by atoms with van der Waals surface area (Å²) in [7, 11) is 1.65. The summed E-state index contributed by atoms with van der Waals surface area (Å²) in [6, 6.07) is 22.4. The van der Waals surface area contributed by atoms with Crippen LogP contribution in [0, 0.1) is 0 Å². The van der Waals surface area contributed by atoms with Crippen LogP contribution in [-0.4, -0.2) is 22.9 Å². The summed E-state index contributed by atoms with van der Waals surface area (Å²) in [5, 5.41) is 0.900. The Labute approximate surface area is 186 Å². The number of thioether (sulfide) groups is 1. The molecule has 0 amide bonds. The number of aromatic nitrogens is 2. The van der Waals surface area contributed by atoms with Crippen LogP contribution in [0.4, 0.5) is 0 Å². The Hall–Kier alpha value is -3.05. The molecule has 0 bridgehead atoms. The molecule has 0 unspecified atom stereocenters. The van der Waals surface area contributed by atoms with Crippen molar-refractivity contribution >= 4 is 22.7 Å². The molecule has 0 saturated carbocycles. The second-order valence-corrected chi connectivity index (χ2v) is 8.72. The third-order valence-corrected chi connectivity index (χ3v) is 6.28.